The molecule has 1 N–H and O–H groups in total. The van der Waals surface area contributed by atoms with Gasteiger partial charge in [0.25, 0.3) is 0 Å². The van der Waals surface area contributed by atoms with Crippen molar-refractivity contribution in [1.82, 2.24) is 4.98 Å². The van der Waals surface area contributed by atoms with Crippen molar-refractivity contribution in [3.8, 4) is 11.3 Å². The molecule has 3 rings (SSSR count). The summed E-state index contributed by atoms with van der Waals surface area (Å²) in [7, 11) is 0. The molecule has 17 heavy (non-hydrogen) atoms. The average Bonchev–Trinajstić information content (AvgIpc) is 2.38. The second-order valence-corrected chi connectivity index (χ2v) is 3.96. The Bertz CT molecular complexity index is 723. The first-order valence-electron chi connectivity index (χ1n) is 5.52. The molecule has 0 fully saturated rings. The Morgan fingerprint density at radius 3 is 2.41 bits per heavy atom. The minimum absolute atomic E-state index is 0.0737. The Labute approximate surface area is 98.6 Å². The summed E-state index contributed by atoms with van der Waals surface area (Å²) in [5.41, 5.74) is 1.84. The van der Waals surface area contributed by atoms with Gasteiger partial charge < -0.3 is 4.98 Å². The van der Waals surface area contributed by atoms with E-state index in [1.165, 1.54) is 11.5 Å². The standard InChI is InChI=1S/C15H11NO/c17-15-10-4-9-14(16-15)13-8-3-6-11-5-1-2-7-12(11)13/h1-10H,(H,16,17). The first kappa shape index (κ1) is 9.85. The average molecular weight is 221 g/mol. The second-order valence-electron chi connectivity index (χ2n) is 3.96. The van der Waals surface area contributed by atoms with Crippen molar-refractivity contribution >= 4 is 10.8 Å². The topological polar surface area (TPSA) is 32.9 Å². The molecule has 0 atom stereocenters. The van der Waals surface area contributed by atoms with E-state index in [0.29, 0.717) is 0 Å². The third-order valence-electron chi connectivity index (χ3n) is 2.85. The summed E-state index contributed by atoms with van der Waals surface area (Å²) < 4.78 is 0. The van der Waals surface area contributed by atoms with E-state index in [1.807, 2.05) is 30.3 Å². The van der Waals surface area contributed by atoms with E-state index >= 15 is 0 Å². The van der Waals surface area contributed by atoms with Gasteiger partial charge in [-0.2, -0.15) is 0 Å². The lowest BCUT2D eigenvalue weighted by molar-refractivity contribution is 1.25. The highest BCUT2D eigenvalue weighted by Gasteiger charge is 2.02. The van der Waals surface area contributed by atoms with Crippen LogP contribution in [-0.2, 0) is 0 Å². The second kappa shape index (κ2) is 3.91. The van der Waals surface area contributed by atoms with Crippen LogP contribution in [0.15, 0.2) is 65.5 Å². The molecule has 0 aliphatic rings. The Kier molecular flexibility index (Phi) is 2.26. The first-order chi connectivity index (χ1) is 8.34. The predicted octanol–water partition coefficient (Wildman–Crippen LogP) is 3.20. The van der Waals surface area contributed by atoms with Crippen LogP contribution in [0.3, 0.4) is 0 Å². The molecule has 1 aromatic heterocycles. The number of aromatic amines is 1. The highest BCUT2D eigenvalue weighted by Crippen LogP contribution is 2.26. The maximum atomic E-state index is 11.3. The molecule has 2 nitrogen and oxygen atoms in total. The summed E-state index contributed by atoms with van der Waals surface area (Å²) in [5.74, 6) is 0. The van der Waals surface area contributed by atoms with Crippen molar-refractivity contribution in [3.05, 3.63) is 71.0 Å². The fourth-order valence-corrected chi connectivity index (χ4v) is 2.07. The van der Waals surface area contributed by atoms with Crippen molar-refractivity contribution in [1.29, 1.82) is 0 Å². The Hall–Kier alpha value is -2.35. The smallest absolute Gasteiger partial charge is 0.248 e. The fourth-order valence-electron chi connectivity index (χ4n) is 2.07. The molecule has 0 aliphatic carbocycles. The molecule has 0 radical (unpaired) electrons. The van der Waals surface area contributed by atoms with Gasteiger partial charge in [-0.1, -0.05) is 48.5 Å². The highest BCUT2D eigenvalue weighted by atomic mass is 16.1. The SMILES string of the molecule is O=c1cccc(-c2cccc3ccccc23)[nH]1. The molecule has 0 spiro atoms. The van der Waals surface area contributed by atoms with Gasteiger partial charge in [0.15, 0.2) is 0 Å². The molecule has 0 aliphatic heterocycles. The van der Waals surface area contributed by atoms with Crippen molar-refractivity contribution < 1.29 is 0 Å². The van der Waals surface area contributed by atoms with Crippen LogP contribution in [0.25, 0.3) is 22.0 Å². The zero-order valence-corrected chi connectivity index (χ0v) is 9.18. The van der Waals surface area contributed by atoms with Gasteiger partial charge in [-0.05, 0) is 16.8 Å². The van der Waals surface area contributed by atoms with Crippen LogP contribution in [-0.4, -0.2) is 4.98 Å². The van der Waals surface area contributed by atoms with Gasteiger partial charge in [0, 0.05) is 17.3 Å². The summed E-state index contributed by atoms with van der Waals surface area (Å²) in [4.78, 5) is 14.2. The molecule has 0 unspecified atom stereocenters. The summed E-state index contributed by atoms with van der Waals surface area (Å²) >= 11 is 0. The zero-order valence-electron chi connectivity index (χ0n) is 9.18. The maximum absolute atomic E-state index is 11.3. The third kappa shape index (κ3) is 1.74. The van der Waals surface area contributed by atoms with Gasteiger partial charge in [-0.3, -0.25) is 4.79 Å². The summed E-state index contributed by atoms with van der Waals surface area (Å²) in [6.07, 6.45) is 0. The molecule has 2 heteroatoms. The number of fused-ring (bicyclic) bond motifs is 1. The number of aromatic nitrogens is 1. The number of nitrogens with one attached hydrogen (secondary N) is 1. The van der Waals surface area contributed by atoms with Crippen LogP contribution in [0, 0.1) is 0 Å². The Morgan fingerprint density at radius 2 is 1.53 bits per heavy atom. The summed E-state index contributed by atoms with van der Waals surface area (Å²) in [6, 6.07) is 19.5. The van der Waals surface area contributed by atoms with E-state index in [9.17, 15) is 4.79 Å². The number of hydrogen-bond acceptors (Lipinski definition) is 1. The lowest BCUT2D eigenvalue weighted by Gasteiger charge is -2.05. The fraction of sp³-hybridized carbons (Fsp3) is 0. The number of hydrogen-bond donors (Lipinski definition) is 1. The predicted molar refractivity (Wildman–Crippen MR) is 70.0 cm³/mol. The Morgan fingerprint density at radius 1 is 0.765 bits per heavy atom. The van der Waals surface area contributed by atoms with Gasteiger partial charge in [-0.15, -0.1) is 0 Å². The summed E-state index contributed by atoms with van der Waals surface area (Å²) in [5, 5.41) is 2.33. The van der Waals surface area contributed by atoms with Crippen molar-refractivity contribution in [2.45, 2.75) is 0 Å². The molecule has 0 amide bonds. The van der Waals surface area contributed by atoms with Gasteiger partial charge in [0.2, 0.25) is 5.56 Å². The van der Waals surface area contributed by atoms with Crippen LogP contribution in [0.4, 0.5) is 0 Å². The van der Waals surface area contributed by atoms with Crippen LogP contribution >= 0.6 is 0 Å². The Balaban J connectivity index is 2.34. The first-order valence-corrected chi connectivity index (χ1v) is 5.52. The number of rotatable bonds is 1. The zero-order chi connectivity index (χ0) is 11.7. The summed E-state index contributed by atoms with van der Waals surface area (Å²) in [6.45, 7) is 0. The molecule has 0 saturated heterocycles. The van der Waals surface area contributed by atoms with Crippen LogP contribution in [0.5, 0.6) is 0 Å². The normalized spacial score (nSPS) is 10.6. The lowest BCUT2D eigenvalue weighted by atomic mass is 10.0. The molecule has 0 saturated carbocycles. The van der Waals surface area contributed by atoms with E-state index in [1.54, 1.807) is 6.07 Å². The van der Waals surface area contributed by atoms with E-state index in [4.69, 9.17) is 0 Å². The minimum Gasteiger partial charge on any atom is -0.322 e. The van der Waals surface area contributed by atoms with Crippen molar-refractivity contribution in [2.24, 2.45) is 0 Å². The van der Waals surface area contributed by atoms with Gasteiger partial charge in [0.1, 0.15) is 0 Å². The van der Waals surface area contributed by atoms with Gasteiger partial charge >= 0.3 is 0 Å². The monoisotopic (exact) mass is 221 g/mol. The minimum atomic E-state index is -0.0737. The van der Waals surface area contributed by atoms with Crippen LogP contribution in [0.2, 0.25) is 0 Å². The molecule has 3 aromatic rings. The molecular formula is C15H11NO. The van der Waals surface area contributed by atoms with Crippen molar-refractivity contribution in [2.75, 3.05) is 0 Å². The number of H-pyrrole nitrogens is 1. The van der Waals surface area contributed by atoms with Crippen LogP contribution in [0.1, 0.15) is 0 Å². The van der Waals surface area contributed by atoms with Gasteiger partial charge in [-0.25, -0.2) is 0 Å². The van der Waals surface area contributed by atoms with E-state index in [-0.39, 0.29) is 5.56 Å². The number of benzene rings is 2. The molecule has 1 heterocycles. The van der Waals surface area contributed by atoms with Crippen LogP contribution < -0.4 is 5.56 Å². The largest absolute Gasteiger partial charge is 0.322 e. The van der Waals surface area contributed by atoms with E-state index < -0.39 is 0 Å². The van der Waals surface area contributed by atoms with E-state index in [2.05, 4.69) is 23.2 Å². The molecule has 0 bridgehead atoms. The quantitative estimate of drug-likeness (QED) is 0.672. The maximum Gasteiger partial charge on any atom is 0.248 e. The number of pyridine rings is 1. The van der Waals surface area contributed by atoms with Crippen molar-refractivity contribution in [3.63, 3.8) is 0 Å². The molecular weight excluding hydrogens is 210 g/mol. The van der Waals surface area contributed by atoms with E-state index in [0.717, 1.165) is 16.6 Å². The molecule has 2 aromatic carbocycles. The molecule has 82 valence electrons. The lowest BCUT2D eigenvalue weighted by Crippen LogP contribution is -2.03. The highest BCUT2D eigenvalue weighted by molar-refractivity contribution is 5.95. The third-order valence-corrected chi connectivity index (χ3v) is 2.85. The van der Waals surface area contributed by atoms with Gasteiger partial charge in [0.05, 0.1) is 0 Å².